The molecule has 13 nitrogen and oxygen atoms in total. The SMILES string of the molecule is BC(B)(B)NC(=O)c1nnc(NC(=O)C2CC2)cc1Nc1cccc(-c2cc(C(=O)NCCCN(C)C)n(C)n2)c1OC. The van der Waals surface area contributed by atoms with Crippen LogP contribution in [0.2, 0.25) is 0 Å². The number of amides is 3. The molecule has 0 saturated heterocycles. The van der Waals surface area contributed by atoms with Crippen molar-refractivity contribution in [3.8, 4) is 17.0 Å². The predicted molar refractivity (Wildman–Crippen MR) is 173 cm³/mol. The van der Waals surface area contributed by atoms with Crippen LogP contribution >= 0.6 is 0 Å². The second-order valence-electron chi connectivity index (χ2n) is 11.9. The first-order valence-corrected chi connectivity index (χ1v) is 14.3. The summed E-state index contributed by atoms with van der Waals surface area (Å²) >= 11 is 0. The van der Waals surface area contributed by atoms with E-state index in [1.807, 2.05) is 49.8 Å². The minimum atomic E-state index is -0.512. The van der Waals surface area contributed by atoms with E-state index < -0.39 is 11.1 Å². The van der Waals surface area contributed by atoms with E-state index in [4.69, 9.17) is 4.74 Å². The Kier molecular flexibility index (Phi) is 9.79. The average Bonchev–Trinajstić information content (AvgIpc) is 3.71. The third-order valence-corrected chi connectivity index (χ3v) is 6.64. The summed E-state index contributed by atoms with van der Waals surface area (Å²) in [6, 6.07) is 8.73. The van der Waals surface area contributed by atoms with Crippen LogP contribution in [0.3, 0.4) is 0 Å². The number of hydrogen-bond donors (Lipinski definition) is 4. The van der Waals surface area contributed by atoms with Gasteiger partial charge in [0.25, 0.3) is 11.8 Å². The monoisotopic (exact) mass is 585 g/mol. The number of methoxy groups -OCH3 is 1. The molecule has 1 aliphatic carbocycles. The van der Waals surface area contributed by atoms with Crippen molar-refractivity contribution >= 4 is 58.5 Å². The van der Waals surface area contributed by atoms with Gasteiger partial charge in [-0.15, -0.1) is 10.2 Å². The fraction of sp³-hybridized carbons (Fsp3) is 0.407. The highest BCUT2D eigenvalue weighted by molar-refractivity contribution is 6.60. The van der Waals surface area contributed by atoms with Crippen molar-refractivity contribution in [3.63, 3.8) is 0 Å². The number of nitrogens with one attached hydrogen (secondary N) is 4. The van der Waals surface area contributed by atoms with Crippen LogP contribution in [0.4, 0.5) is 17.2 Å². The minimum Gasteiger partial charge on any atom is -0.494 e. The Bertz CT molecular complexity index is 1500. The van der Waals surface area contributed by atoms with E-state index in [1.54, 1.807) is 25.2 Å². The molecular weight excluding hydrogens is 547 g/mol. The Morgan fingerprint density at radius 1 is 1.09 bits per heavy atom. The molecule has 0 radical (unpaired) electrons. The van der Waals surface area contributed by atoms with Gasteiger partial charge < -0.3 is 30.9 Å². The summed E-state index contributed by atoms with van der Waals surface area (Å²) in [5.41, 5.74) is 2.50. The average molecular weight is 585 g/mol. The van der Waals surface area contributed by atoms with Crippen molar-refractivity contribution in [2.75, 3.05) is 44.9 Å². The van der Waals surface area contributed by atoms with E-state index in [2.05, 4.69) is 41.5 Å². The van der Waals surface area contributed by atoms with E-state index in [9.17, 15) is 14.4 Å². The number of hydrogen-bond acceptors (Lipinski definition) is 9. The van der Waals surface area contributed by atoms with E-state index in [0.717, 1.165) is 25.8 Å². The van der Waals surface area contributed by atoms with Crippen LogP contribution in [0.15, 0.2) is 30.3 Å². The lowest BCUT2D eigenvalue weighted by atomic mass is 9.49. The van der Waals surface area contributed by atoms with E-state index in [0.29, 0.717) is 40.6 Å². The molecule has 1 aliphatic rings. The van der Waals surface area contributed by atoms with Gasteiger partial charge in [-0.3, -0.25) is 19.1 Å². The van der Waals surface area contributed by atoms with Gasteiger partial charge in [-0.1, -0.05) is 6.07 Å². The van der Waals surface area contributed by atoms with Crippen LogP contribution in [0.25, 0.3) is 11.3 Å². The fourth-order valence-corrected chi connectivity index (χ4v) is 4.39. The van der Waals surface area contributed by atoms with E-state index in [-0.39, 0.29) is 29.2 Å². The molecule has 0 unspecified atom stereocenters. The van der Waals surface area contributed by atoms with Gasteiger partial charge in [-0.05, 0) is 63.3 Å². The Hall–Kier alpha value is -4.33. The summed E-state index contributed by atoms with van der Waals surface area (Å²) < 4.78 is 7.34. The summed E-state index contributed by atoms with van der Waals surface area (Å²) in [6.07, 6.45) is 2.51. The van der Waals surface area contributed by atoms with Crippen LogP contribution in [0, 0.1) is 5.92 Å². The summed E-state index contributed by atoms with van der Waals surface area (Å²) in [7, 11) is 12.8. The number of para-hydroxylation sites is 1. The number of carbonyl (C=O) groups is 3. The number of nitrogens with zero attached hydrogens (tertiary/aromatic N) is 5. The standard InChI is InChI=1S/C27H38B3N9O4/c1-38(2)12-6-11-31-25(41)20-13-18(37-39(20)3)16-7-5-8-17(23(16)43-4)32-19-14-21(33-24(40)15-9-10-15)35-36-22(19)26(42)34-27(28,29)30/h5,7-8,13-15H,6,9-12,28-30H2,1-4H3,(H,31,41)(H,34,42)(H2,32,33,35,40). The third kappa shape index (κ3) is 8.37. The first kappa shape index (κ1) is 31.6. The number of carbonyl (C=O) groups excluding carboxylic acids is 3. The summed E-state index contributed by atoms with van der Waals surface area (Å²) in [6.45, 7) is 1.42. The van der Waals surface area contributed by atoms with Crippen molar-refractivity contribution in [1.29, 1.82) is 0 Å². The summed E-state index contributed by atoms with van der Waals surface area (Å²) in [5, 5.41) is 24.2. The zero-order valence-corrected chi connectivity index (χ0v) is 25.9. The number of ether oxygens (including phenoxy) is 1. The molecule has 4 rings (SSSR count). The molecule has 0 aliphatic heterocycles. The second-order valence-corrected chi connectivity index (χ2v) is 11.9. The topological polar surface area (TPSA) is 155 Å². The molecule has 0 atom stereocenters. The number of benzene rings is 1. The maximum Gasteiger partial charge on any atom is 0.272 e. The molecule has 16 heteroatoms. The molecule has 1 aromatic carbocycles. The molecule has 2 aromatic heterocycles. The van der Waals surface area contributed by atoms with Gasteiger partial charge in [0.05, 0.1) is 24.2 Å². The van der Waals surface area contributed by atoms with Crippen LogP contribution in [-0.4, -0.2) is 106 Å². The zero-order valence-electron chi connectivity index (χ0n) is 25.9. The number of aryl methyl sites for hydroxylation is 1. The van der Waals surface area contributed by atoms with Gasteiger partial charge in [-0.25, -0.2) is 0 Å². The van der Waals surface area contributed by atoms with Crippen molar-refractivity contribution in [3.05, 3.63) is 41.7 Å². The molecule has 1 fully saturated rings. The normalized spacial score (nSPS) is 13.0. The quantitative estimate of drug-likeness (QED) is 0.145. The second kappa shape index (κ2) is 13.3. The van der Waals surface area contributed by atoms with Crippen molar-refractivity contribution in [2.24, 2.45) is 13.0 Å². The van der Waals surface area contributed by atoms with Gasteiger partial charge in [0.2, 0.25) is 5.91 Å². The fourth-order valence-electron chi connectivity index (χ4n) is 4.39. The summed E-state index contributed by atoms with van der Waals surface area (Å²) in [4.78, 5) is 40.5. The Morgan fingerprint density at radius 2 is 1.84 bits per heavy atom. The first-order valence-electron chi connectivity index (χ1n) is 14.3. The third-order valence-electron chi connectivity index (χ3n) is 6.64. The predicted octanol–water partition coefficient (Wildman–Crippen LogP) is -1.10. The molecule has 3 aromatic rings. The molecule has 0 spiro atoms. The van der Waals surface area contributed by atoms with Gasteiger partial charge in [0, 0.05) is 31.1 Å². The molecule has 2 heterocycles. The zero-order chi connectivity index (χ0) is 31.3. The van der Waals surface area contributed by atoms with Crippen molar-refractivity contribution < 1.29 is 19.1 Å². The lowest BCUT2D eigenvalue weighted by Gasteiger charge is -2.22. The van der Waals surface area contributed by atoms with Crippen LogP contribution in [-0.2, 0) is 11.8 Å². The maximum absolute atomic E-state index is 13.2. The summed E-state index contributed by atoms with van der Waals surface area (Å²) in [5.74, 6) is -0.120. The van der Waals surface area contributed by atoms with Gasteiger partial charge in [0.15, 0.2) is 17.3 Å². The number of rotatable bonds is 13. The highest BCUT2D eigenvalue weighted by atomic mass is 16.5. The largest absolute Gasteiger partial charge is 0.494 e. The molecule has 0 bridgehead atoms. The molecule has 224 valence electrons. The van der Waals surface area contributed by atoms with Gasteiger partial charge in [0.1, 0.15) is 29.2 Å². The smallest absolute Gasteiger partial charge is 0.272 e. The van der Waals surface area contributed by atoms with Crippen molar-refractivity contribution in [2.45, 2.75) is 24.5 Å². The minimum absolute atomic E-state index is 0.0257. The maximum atomic E-state index is 13.2. The van der Waals surface area contributed by atoms with E-state index in [1.165, 1.54) is 11.8 Å². The molecule has 4 N–H and O–H groups in total. The number of anilines is 3. The van der Waals surface area contributed by atoms with Crippen LogP contribution < -0.4 is 26.0 Å². The highest BCUT2D eigenvalue weighted by Gasteiger charge is 2.30. The van der Waals surface area contributed by atoms with Crippen LogP contribution in [0.1, 0.15) is 40.2 Å². The lowest BCUT2D eigenvalue weighted by Crippen LogP contribution is -2.50. The lowest BCUT2D eigenvalue weighted by molar-refractivity contribution is -0.117. The Balaban J connectivity index is 1.64. The molecule has 3 amide bonds. The van der Waals surface area contributed by atoms with E-state index >= 15 is 0 Å². The Morgan fingerprint density at radius 3 is 2.49 bits per heavy atom. The van der Waals surface area contributed by atoms with Crippen LogP contribution in [0.5, 0.6) is 5.75 Å². The Labute approximate surface area is 254 Å². The van der Waals surface area contributed by atoms with Gasteiger partial charge in [-0.2, -0.15) is 5.10 Å². The molecule has 43 heavy (non-hydrogen) atoms. The van der Waals surface area contributed by atoms with Gasteiger partial charge >= 0.3 is 0 Å². The molecule has 1 saturated carbocycles. The highest BCUT2D eigenvalue weighted by Crippen LogP contribution is 2.38. The molecular formula is C27H38B3N9O4. The first-order chi connectivity index (χ1) is 20.4. The number of aromatic nitrogens is 4. The van der Waals surface area contributed by atoms with Crippen molar-refractivity contribution in [1.82, 2.24) is 35.5 Å².